The molecule has 0 fully saturated rings. The number of alkyl halides is 3. The first kappa shape index (κ1) is 20.3. The van der Waals surface area contributed by atoms with E-state index in [1.165, 1.54) is 12.1 Å². The number of anilines is 1. The Morgan fingerprint density at radius 3 is 2.48 bits per heavy atom. The summed E-state index contributed by atoms with van der Waals surface area (Å²) in [7, 11) is 0. The Balaban J connectivity index is 1.82. The van der Waals surface area contributed by atoms with Crippen LogP contribution in [0, 0.1) is 10.1 Å². The molecular formula is C17H9ClF3N3O5. The Bertz CT molecular complexity index is 1070. The minimum Gasteiger partial charge on any atom is -0.323 e. The van der Waals surface area contributed by atoms with Crippen LogP contribution < -0.4 is 5.32 Å². The first-order valence-electron chi connectivity index (χ1n) is 7.81. The monoisotopic (exact) mass is 427 g/mol. The van der Waals surface area contributed by atoms with Gasteiger partial charge in [0.05, 0.1) is 26.8 Å². The molecule has 0 radical (unpaired) electrons. The van der Waals surface area contributed by atoms with Crippen LogP contribution in [0.1, 0.15) is 26.3 Å². The number of hydrogen-bond acceptors (Lipinski definition) is 5. The van der Waals surface area contributed by atoms with Crippen molar-refractivity contribution in [1.82, 2.24) is 4.90 Å². The molecule has 3 rings (SSSR count). The molecular weight excluding hydrogens is 419 g/mol. The Labute approximate surface area is 165 Å². The zero-order valence-electron chi connectivity index (χ0n) is 14.1. The molecule has 3 amide bonds. The third kappa shape index (κ3) is 3.76. The Kier molecular flexibility index (Phi) is 5.01. The summed E-state index contributed by atoms with van der Waals surface area (Å²) >= 11 is 5.79. The van der Waals surface area contributed by atoms with E-state index in [0.29, 0.717) is 11.0 Å². The molecule has 0 spiro atoms. The second-order valence-corrected chi connectivity index (χ2v) is 6.30. The lowest BCUT2D eigenvalue weighted by Gasteiger charge is -2.15. The van der Waals surface area contributed by atoms with Crippen LogP contribution in [0.4, 0.5) is 24.5 Å². The average Bonchev–Trinajstić information content (AvgIpc) is 2.87. The molecule has 0 saturated carbocycles. The fraction of sp³-hybridized carbons (Fsp3) is 0.118. The maximum absolute atomic E-state index is 12.8. The van der Waals surface area contributed by atoms with E-state index in [4.69, 9.17) is 11.6 Å². The molecule has 0 aliphatic carbocycles. The lowest BCUT2D eigenvalue weighted by atomic mass is 10.1. The number of nitrogens with zero attached hydrogens (tertiary/aromatic N) is 2. The molecule has 2 aromatic carbocycles. The summed E-state index contributed by atoms with van der Waals surface area (Å²) in [5.74, 6) is -3.00. The molecule has 0 bridgehead atoms. The molecule has 1 N–H and O–H groups in total. The molecule has 0 atom stereocenters. The van der Waals surface area contributed by atoms with Crippen molar-refractivity contribution >= 4 is 40.7 Å². The lowest BCUT2D eigenvalue weighted by Crippen LogP contribution is -2.37. The number of nitro groups is 1. The van der Waals surface area contributed by atoms with Gasteiger partial charge in [0.1, 0.15) is 12.1 Å². The summed E-state index contributed by atoms with van der Waals surface area (Å²) in [4.78, 5) is 47.7. The molecule has 1 heterocycles. The Morgan fingerprint density at radius 1 is 1.17 bits per heavy atom. The van der Waals surface area contributed by atoms with Crippen molar-refractivity contribution in [1.29, 1.82) is 0 Å². The van der Waals surface area contributed by atoms with Gasteiger partial charge in [-0.05, 0) is 24.3 Å². The summed E-state index contributed by atoms with van der Waals surface area (Å²) < 4.78 is 38.4. The number of rotatable bonds is 4. The van der Waals surface area contributed by atoms with E-state index in [1.54, 1.807) is 0 Å². The zero-order valence-corrected chi connectivity index (χ0v) is 14.9. The molecule has 1 aliphatic heterocycles. The number of halogens is 4. The minimum absolute atomic E-state index is 0.190. The molecule has 150 valence electrons. The summed E-state index contributed by atoms with van der Waals surface area (Å²) in [6.45, 7) is -0.865. The van der Waals surface area contributed by atoms with Gasteiger partial charge in [-0.2, -0.15) is 13.2 Å². The quantitative estimate of drug-likeness (QED) is 0.456. The number of benzene rings is 2. The molecule has 0 aromatic heterocycles. The van der Waals surface area contributed by atoms with Gasteiger partial charge in [0.25, 0.3) is 17.5 Å². The average molecular weight is 428 g/mol. The lowest BCUT2D eigenvalue weighted by molar-refractivity contribution is -0.385. The highest BCUT2D eigenvalue weighted by Crippen LogP contribution is 2.34. The standard InChI is InChI=1S/C17H9ClF3N3O5/c18-10-5-4-8(17(19,20)21)6-11(10)22-13(25)7-23-15(26)9-2-1-3-12(24(28)29)14(9)16(23)27/h1-6H,7H2,(H,22,25). The number of amides is 3. The summed E-state index contributed by atoms with van der Waals surface area (Å²) in [5, 5.41) is 13.0. The number of hydrogen-bond donors (Lipinski definition) is 1. The smallest absolute Gasteiger partial charge is 0.323 e. The molecule has 29 heavy (non-hydrogen) atoms. The molecule has 8 nitrogen and oxygen atoms in total. The highest BCUT2D eigenvalue weighted by Gasteiger charge is 2.41. The number of fused-ring (bicyclic) bond motifs is 1. The third-order valence-corrected chi connectivity index (χ3v) is 4.37. The van der Waals surface area contributed by atoms with Gasteiger partial charge >= 0.3 is 6.18 Å². The van der Waals surface area contributed by atoms with E-state index in [2.05, 4.69) is 5.32 Å². The predicted molar refractivity (Wildman–Crippen MR) is 93.5 cm³/mol. The van der Waals surface area contributed by atoms with E-state index in [-0.39, 0.29) is 16.3 Å². The van der Waals surface area contributed by atoms with E-state index in [9.17, 15) is 37.7 Å². The second-order valence-electron chi connectivity index (χ2n) is 5.89. The molecule has 1 aliphatic rings. The van der Waals surface area contributed by atoms with Gasteiger partial charge in [-0.3, -0.25) is 29.4 Å². The fourth-order valence-electron chi connectivity index (χ4n) is 2.74. The normalized spacial score (nSPS) is 13.4. The number of carbonyl (C=O) groups is 3. The zero-order chi connectivity index (χ0) is 21.5. The Hall–Kier alpha value is -3.47. The van der Waals surface area contributed by atoms with Crippen molar-refractivity contribution in [3.05, 3.63) is 68.2 Å². The molecule has 0 unspecified atom stereocenters. The highest BCUT2D eigenvalue weighted by molar-refractivity contribution is 6.33. The van der Waals surface area contributed by atoms with Crippen LogP contribution in [0.25, 0.3) is 0 Å². The van der Waals surface area contributed by atoms with Gasteiger partial charge in [-0.15, -0.1) is 0 Å². The van der Waals surface area contributed by atoms with Crippen molar-refractivity contribution in [2.24, 2.45) is 0 Å². The summed E-state index contributed by atoms with van der Waals surface area (Å²) in [6.07, 6.45) is -4.68. The number of nitro benzene ring substituents is 1. The van der Waals surface area contributed by atoms with Crippen molar-refractivity contribution < 1.29 is 32.5 Å². The number of imide groups is 1. The van der Waals surface area contributed by atoms with Crippen LogP contribution in [-0.4, -0.2) is 34.1 Å². The van der Waals surface area contributed by atoms with Crippen LogP contribution in [0.5, 0.6) is 0 Å². The van der Waals surface area contributed by atoms with E-state index >= 15 is 0 Å². The van der Waals surface area contributed by atoms with Gasteiger partial charge in [0, 0.05) is 6.07 Å². The molecule has 12 heteroatoms. The SMILES string of the molecule is O=C(CN1C(=O)c2cccc([N+](=O)[O-])c2C1=O)Nc1cc(C(F)(F)F)ccc1Cl. The summed E-state index contributed by atoms with van der Waals surface area (Å²) in [6, 6.07) is 5.72. The first-order chi connectivity index (χ1) is 13.5. The topological polar surface area (TPSA) is 110 Å². The van der Waals surface area contributed by atoms with Crippen molar-refractivity contribution in [3.63, 3.8) is 0 Å². The van der Waals surface area contributed by atoms with Gasteiger partial charge in [-0.25, -0.2) is 0 Å². The van der Waals surface area contributed by atoms with Gasteiger partial charge in [0.15, 0.2) is 0 Å². The van der Waals surface area contributed by atoms with E-state index in [1.807, 2.05) is 0 Å². The van der Waals surface area contributed by atoms with Gasteiger partial charge in [-0.1, -0.05) is 17.7 Å². The summed E-state index contributed by atoms with van der Waals surface area (Å²) in [5.41, 5.74) is -2.71. The van der Waals surface area contributed by atoms with E-state index in [0.717, 1.165) is 18.2 Å². The van der Waals surface area contributed by atoms with Crippen LogP contribution in [0.2, 0.25) is 5.02 Å². The minimum atomic E-state index is -4.68. The maximum Gasteiger partial charge on any atom is 0.416 e. The molecule has 2 aromatic rings. The third-order valence-electron chi connectivity index (χ3n) is 4.04. The van der Waals surface area contributed by atoms with Crippen LogP contribution >= 0.6 is 11.6 Å². The van der Waals surface area contributed by atoms with Gasteiger partial charge < -0.3 is 5.32 Å². The second kappa shape index (κ2) is 7.17. The van der Waals surface area contributed by atoms with Crippen molar-refractivity contribution in [3.8, 4) is 0 Å². The van der Waals surface area contributed by atoms with Gasteiger partial charge in [0.2, 0.25) is 5.91 Å². The number of carbonyl (C=O) groups excluding carboxylic acids is 3. The maximum atomic E-state index is 12.8. The van der Waals surface area contributed by atoms with Crippen molar-refractivity contribution in [2.45, 2.75) is 6.18 Å². The largest absolute Gasteiger partial charge is 0.416 e. The van der Waals surface area contributed by atoms with Crippen molar-refractivity contribution in [2.75, 3.05) is 11.9 Å². The van der Waals surface area contributed by atoms with E-state index < -0.39 is 52.2 Å². The molecule has 0 saturated heterocycles. The number of nitrogens with one attached hydrogen (secondary N) is 1. The fourth-order valence-corrected chi connectivity index (χ4v) is 2.91. The highest BCUT2D eigenvalue weighted by atomic mass is 35.5. The van der Waals surface area contributed by atoms with Crippen LogP contribution in [-0.2, 0) is 11.0 Å². The first-order valence-corrected chi connectivity index (χ1v) is 8.18. The Morgan fingerprint density at radius 2 is 1.86 bits per heavy atom. The predicted octanol–water partition coefficient (Wildman–Crippen LogP) is 3.50. The van der Waals surface area contributed by atoms with Crippen LogP contribution in [0.15, 0.2) is 36.4 Å². The van der Waals surface area contributed by atoms with Crippen LogP contribution in [0.3, 0.4) is 0 Å².